The number of aromatic nitrogens is 1. The zero-order valence-corrected chi connectivity index (χ0v) is 14.3. The lowest BCUT2D eigenvalue weighted by Crippen LogP contribution is -2.52. The molecule has 24 heavy (non-hydrogen) atoms. The van der Waals surface area contributed by atoms with E-state index in [-0.39, 0.29) is 23.9 Å². The van der Waals surface area contributed by atoms with Crippen LogP contribution in [-0.2, 0) is 11.3 Å². The van der Waals surface area contributed by atoms with Gasteiger partial charge in [-0.1, -0.05) is 0 Å². The Hall–Kier alpha value is -2.15. The Morgan fingerprint density at radius 3 is 3.00 bits per heavy atom. The zero-order chi connectivity index (χ0) is 16.7. The number of amides is 2. The third-order valence-corrected chi connectivity index (χ3v) is 5.70. The maximum Gasteiger partial charge on any atom is 0.289 e. The van der Waals surface area contributed by atoms with Crippen LogP contribution in [0.3, 0.4) is 0 Å². The molecule has 0 spiro atoms. The minimum atomic E-state index is -0.0775. The van der Waals surface area contributed by atoms with E-state index in [0.29, 0.717) is 25.3 Å². The fraction of sp³-hybridized carbons (Fsp3) is 0.471. The maximum absolute atomic E-state index is 12.6. The van der Waals surface area contributed by atoms with E-state index in [4.69, 9.17) is 4.42 Å². The first-order valence-electron chi connectivity index (χ1n) is 8.18. The van der Waals surface area contributed by atoms with E-state index in [9.17, 15) is 9.59 Å². The number of carbonyl (C=O) groups excluding carboxylic acids is 2. The number of aryl methyl sites for hydroxylation is 1. The molecule has 0 N–H and O–H groups in total. The molecule has 0 aliphatic carbocycles. The summed E-state index contributed by atoms with van der Waals surface area (Å²) in [6.07, 6.45) is 3.53. The van der Waals surface area contributed by atoms with Crippen LogP contribution in [0.15, 0.2) is 28.2 Å². The van der Waals surface area contributed by atoms with Crippen LogP contribution < -0.4 is 0 Å². The number of fused-ring (bicyclic) bond motifs is 1. The number of rotatable bonds is 3. The second-order valence-electron chi connectivity index (χ2n) is 6.32. The van der Waals surface area contributed by atoms with E-state index in [1.54, 1.807) is 23.5 Å². The highest BCUT2D eigenvalue weighted by Gasteiger charge is 2.45. The SMILES string of the molecule is Cc1nc(CN2C(=O)CCC3C2CCN3C(=O)c2ccco2)cs1. The predicted molar refractivity (Wildman–Crippen MR) is 88.6 cm³/mol. The number of likely N-dealkylation sites (tertiary alicyclic amines) is 2. The van der Waals surface area contributed by atoms with Gasteiger partial charge in [0.15, 0.2) is 5.76 Å². The van der Waals surface area contributed by atoms with Crippen molar-refractivity contribution < 1.29 is 14.0 Å². The van der Waals surface area contributed by atoms with Crippen LogP contribution in [0.2, 0.25) is 0 Å². The van der Waals surface area contributed by atoms with Crippen LogP contribution in [0.4, 0.5) is 0 Å². The van der Waals surface area contributed by atoms with Crippen molar-refractivity contribution in [2.75, 3.05) is 6.54 Å². The molecule has 4 heterocycles. The Morgan fingerprint density at radius 2 is 2.29 bits per heavy atom. The molecule has 0 saturated carbocycles. The largest absolute Gasteiger partial charge is 0.459 e. The van der Waals surface area contributed by atoms with E-state index in [1.165, 1.54) is 6.26 Å². The van der Waals surface area contributed by atoms with Gasteiger partial charge >= 0.3 is 0 Å². The number of furan rings is 1. The number of thiazole rings is 1. The zero-order valence-electron chi connectivity index (χ0n) is 13.5. The van der Waals surface area contributed by atoms with E-state index in [0.717, 1.165) is 23.5 Å². The summed E-state index contributed by atoms with van der Waals surface area (Å²) in [5, 5.41) is 3.01. The van der Waals surface area contributed by atoms with E-state index in [2.05, 4.69) is 4.98 Å². The number of hydrogen-bond donors (Lipinski definition) is 0. The van der Waals surface area contributed by atoms with Gasteiger partial charge < -0.3 is 14.2 Å². The van der Waals surface area contributed by atoms with Gasteiger partial charge in [-0.3, -0.25) is 9.59 Å². The van der Waals surface area contributed by atoms with Crippen molar-refractivity contribution in [3.63, 3.8) is 0 Å². The fourth-order valence-electron chi connectivity index (χ4n) is 3.80. The van der Waals surface area contributed by atoms with Crippen molar-refractivity contribution in [3.8, 4) is 0 Å². The fourth-order valence-corrected chi connectivity index (χ4v) is 4.41. The van der Waals surface area contributed by atoms with Crippen LogP contribution in [0, 0.1) is 6.92 Å². The smallest absolute Gasteiger partial charge is 0.289 e. The third-order valence-electron chi connectivity index (χ3n) is 4.88. The highest BCUT2D eigenvalue weighted by Crippen LogP contribution is 2.33. The first kappa shape index (κ1) is 15.4. The van der Waals surface area contributed by atoms with Gasteiger partial charge in [0.05, 0.1) is 35.6 Å². The van der Waals surface area contributed by atoms with E-state index in [1.807, 2.05) is 22.1 Å². The van der Waals surface area contributed by atoms with Gasteiger partial charge in [0.25, 0.3) is 5.91 Å². The molecule has 2 amide bonds. The highest BCUT2D eigenvalue weighted by atomic mass is 32.1. The van der Waals surface area contributed by atoms with Crippen molar-refractivity contribution in [3.05, 3.63) is 40.2 Å². The summed E-state index contributed by atoms with van der Waals surface area (Å²) < 4.78 is 5.25. The van der Waals surface area contributed by atoms with Gasteiger partial charge in [-0.15, -0.1) is 11.3 Å². The van der Waals surface area contributed by atoms with Gasteiger partial charge in [-0.25, -0.2) is 4.98 Å². The minimum Gasteiger partial charge on any atom is -0.459 e. The highest BCUT2D eigenvalue weighted by molar-refractivity contribution is 7.09. The molecule has 2 aliphatic rings. The first-order valence-corrected chi connectivity index (χ1v) is 9.06. The van der Waals surface area contributed by atoms with Crippen LogP contribution in [0.25, 0.3) is 0 Å². The molecule has 2 atom stereocenters. The standard InChI is InChI=1S/C17H19N3O3S/c1-11-18-12(10-24-11)9-20-14-6-7-19(13(14)4-5-16(20)21)17(22)15-3-2-8-23-15/h2-3,8,10,13-14H,4-7,9H2,1H3. The second kappa shape index (κ2) is 6.05. The lowest BCUT2D eigenvalue weighted by atomic mass is 9.96. The molecular formula is C17H19N3O3S. The molecule has 2 fully saturated rings. The quantitative estimate of drug-likeness (QED) is 0.857. The molecule has 0 radical (unpaired) electrons. The average Bonchev–Trinajstić information content (AvgIpc) is 3.30. The van der Waals surface area contributed by atoms with E-state index >= 15 is 0 Å². The minimum absolute atomic E-state index is 0.0695. The molecule has 2 aromatic rings. The number of carbonyl (C=O) groups is 2. The molecule has 2 unspecified atom stereocenters. The molecule has 7 heteroatoms. The number of hydrogen-bond acceptors (Lipinski definition) is 5. The monoisotopic (exact) mass is 345 g/mol. The first-order chi connectivity index (χ1) is 11.6. The number of piperidine rings is 1. The van der Waals surface area contributed by atoms with Gasteiger partial charge in [-0.05, 0) is 31.9 Å². The summed E-state index contributed by atoms with van der Waals surface area (Å²) >= 11 is 1.60. The van der Waals surface area contributed by atoms with Gasteiger partial charge in [0.2, 0.25) is 5.91 Å². The lowest BCUT2D eigenvalue weighted by Gasteiger charge is -2.39. The second-order valence-corrected chi connectivity index (χ2v) is 7.38. The molecule has 0 aromatic carbocycles. The Morgan fingerprint density at radius 1 is 1.42 bits per heavy atom. The Labute approximate surface area is 144 Å². The van der Waals surface area contributed by atoms with Crippen LogP contribution in [0.1, 0.15) is 40.5 Å². The van der Waals surface area contributed by atoms with Crippen LogP contribution >= 0.6 is 11.3 Å². The Bertz CT molecular complexity index is 755. The maximum atomic E-state index is 12.6. The molecular weight excluding hydrogens is 326 g/mol. The molecule has 2 aromatic heterocycles. The molecule has 2 saturated heterocycles. The van der Waals surface area contributed by atoms with Crippen molar-refractivity contribution in [1.29, 1.82) is 0 Å². The van der Waals surface area contributed by atoms with E-state index < -0.39 is 0 Å². The molecule has 0 bridgehead atoms. The van der Waals surface area contributed by atoms with Crippen molar-refractivity contribution >= 4 is 23.2 Å². The van der Waals surface area contributed by atoms with Gasteiger partial charge in [0.1, 0.15) is 0 Å². The molecule has 126 valence electrons. The van der Waals surface area contributed by atoms with Crippen LogP contribution in [-0.4, -0.2) is 45.2 Å². The lowest BCUT2D eigenvalue weighted by molar-refractivity contribution is -0.138. The Balaban J connectivity index is 1.53. The summed E-state index contributed by atoms with van der Waals surface area (Å²) in [6, 6.07) is 3.56. The summed E-state index contributed by atoms with van der Waals surface area (Å²) in [5.74, 6) is 0.453. The summed E-state index contributed by atoms with van der Waals surface area (Å²) in [7, 11) is 0. The summed E-state index contributed by atoms with van der Waals surface area (Å²) in [5.41, 5.74) is 0.933. The summed E-state index contributed by atoms with van der Waals surface area (Å²) in [4.78, 5) is 33.3. The third kappa shape index (κ3) is 2.62. The normalized spacial score (nSPS) is 23.6. The van der Waals surface area contributed by atoms with Crippen molar-refractivity contribution in [2.45, 2.75) is 44.8 Å². The van der Waals surface area contributed by atoms with Crippen molar-refractivity contribution in [2.24, 2.45) is 0 Å². The molecule has 6 nitrogen and oxygen atoms in total. The number of nitrogens with zero attached hydrogens (tertiary/aromatic N) is 3. The average molecular weight is 345 g/mol. The molecule has 2 aliphatic heterocycles. The van der Waals surface area contributed by atoms with Crippen molar-refractivity contribution in [1.82, 2.24) is 14.8 Å². The predicted octanol–water partition coefficient (Wildman–Crippen LogP) is 2.45. The Kier molecular flexibility index (Phi) is 3.88. The topological polar surface area (TPSA) is 66.7 Å². The van der Waals surface area contributed by atoms with Crippen LogP contribution in [0.5, 0.6) is 0 Å². The van der Waals surface area contributed by atoms with Gasteiger partial charge in [0, 0.05) is 18.3 Å². The summed E-state index contributed by atoms with van der Waals surface area (Å²) in [6.45, 7) is 3.16. The molecule has 4 rings (SSSR count). The van der Waals surface area contributed by atoms with Gasteiger partial charge in [-0.2, -0.15) is 0 Å².